The summed E-state index contributed by atoms with van der Waals surface area (Å²) in [5.41, 5.74) is 2.97. The van der Waals surface area contributed by atoms with Gasteiger partial charge in [-0.2, -0.15) is 0 Å². The van der Waals surface area contributed by atoms with Crippen LogP contribution in [0.15, 0.2) is 53.6 Å². The molecule has 0 bridgehead atoms. The zero-order chi connectivity index (χ0) is 11.1. The molecule has 0 aromatic heterocycles. The molecule has 0 amide bonds. The number of nitrogens with zero attached hydrogens (tertiary/aromatic N) is 1. The van der Waals surface area contributed by atoms with Crippen molar-refractivity contribution in [3.05, 3.63) is 48.6 Å². The molecule has 2 heteroatoms. The van der Waals surface area contributed by atoms with Gasteiger partial charge in [-0.15, -0.1) is 0 Å². The van der Waals surface area contributed by atoms with Gasteiger partial charge in [-0.3, -0.25) is 4.99 Å². The minimum Gasteiger partial charge on any atom is -0.276 e. The summed E-state index contributed by atoms with van der Waals surface area (Å²) >= 11 is 5.83. The van der Waals surface area contributed by atoms with Gasteiger partial charge in [0.2, 0.25) is 0 Å². The van der Waals surface area contributed by atoms with Crippen molar-refractivity contribution in [3.63, 3.8) is 0 Å². The molecule has 76 valence electrons. The van der Waals surface area contributed by atoms with E-state index in [1.54, 1.807) is 19.2 Å². The Hall–Kier alpha value is -1.08. The minimum atomic E-state index is 0.469. The van der Waals surface area contributed by atoms with Gasteiger partial charge in [0.05, 0.1) is 0 Å². The first kappa shape index (κ1) is 12.9. The molecule has 0 radical (unpaired) electrons. The Balaban J connectivity index is 4.69. The molecule has 0 aromatic carbocycles. The molecule has 0 spiro atoms. The maximum Gasteiger partial charge on any atom is 0.126 e. The maximum absolute atomic E-state index is 5.83. The summed E-state index contributed by atoms with van der Waals surface area (Å²) < 4.78 is 0. The third-order valence-electron chi connectivity index (χ3n) is 1.90. The van der Waals surface area contributed by atoms with E-state index >= 15 is 0 Å². The zero-order valence-corrected chi connectivity index (χ0v) is 9.56. The summed E-state index contributed by atoms with van der Waals surface area (Å²) in [4.78, 5) is 3.86. The standard InChI is InChI=1S/C12H16ClN/c1-6-11(7-2)9(3)8-10(4)12(13)14-5/h6-7H,1-2,4,8H2,3,5H3/b14-12+. The van der Waals surface area contributed by atoms with Gasteiger partial charge in [0.15, 0.2) is 0 Å². The molecule has 0 heterocycles. The van der Waals surface area contributed by atoms with Gasteiger partial charge in [0.1, 0.15) is 5.17 Å². The predicted octanol–water partition coefficient (Wildman–Crippen LogP) is 3.89. The van der Waals surface area contributed by atoms with Gasteiger partial charge in [0.25, 0.3) is 0 Å². The SMILES string of the molecule is C=CC(C=C)=C(C)CC(=C)/C(Cl)=N\C. The Kier molecular flexibility index (Phi) is 5.89. The lowest BCUT2D eigenvalue weighted by molar-refractivity contribution is 1.16. The number of aliphatic imine (C=N–C) groups is 1. The molecule has 0 fully saturated rings. The Morgan fingerprint density at radius 3 is 2.21 bits per heavy atom. The van der Waals surface area contributed by atoms with E-state index in [0.717, 1.165) is 16.7 Å². The molecule has 0 atom stereocenters. The minimum absolute atomic E-state index is 0.469. The highest BCUT2D eigenvalue weighted by atomic mass is 35.5. The molecular formula is C12H16ClN. The summed E-state index contributed by atoms with van der Waals surface area (Å²) in [7, 11) is 1.65. The van der Waals surface area contributed by atoms with Gasteiger partial charge in [-0.25, -0.2) is 0 Å². The second-order valence-electron chi connectivity index (χ2n) is 2.94. The summed E-state index contributed by atoms with van der Waals surface area (Å²) in [6.07, 6.45) is 4.24. The Bertz CT molecular complexity index is 298. The van der Waals surface area contributed by atoms with E-state index in [-0.39, 0.29) is 0 Å². The summed E-state index contributed by atoms with van der Waals surface area (Å²) in [5.74, 6) is 0. The monoisotopic (exact) mass is 209 g/mol. The van der Waals surface area contributed by atoms with Crippen molar-refractivity contribution in [1.29, 1.82) is 0 Å². The van der Waals surface area contributed by atoms with Crippen LogP contribution in [0.1, 0.15) is 13.3 Å². The Morgan fingerprint density at radius 2 is 1.86 bits per heavy atom. The zero-order valence-electron chi connectivity index (χ0n) is 8.81. The number of rotatable bonds is 5. The summed E-state index contributed by atoms with van der Waals surface area (Å²) in [6, 6.07) is 0. The molecule has 1 nitrogen and oxygen atoms in total. The highest BCUT2D eigenvalue weighted by molar-refractivity contribution is 6.69. The molecule has 0 aromatic rings. The second kappa shape index (κ2) is 6.39. The highest BCUT2D eigenvalue weighted by Gasteiger charge is 2.03. The quantitative estimate of drug-likeness (QED) is 0.481. The predicted molar refractivity (Wildman–Crippen MR) is 66.1 cm³/mol. The van der Waals surface area contributed by atoms with Gasteiger partial charge in [0, 0.05) is 7.05 Å². The van der Waals surface area contributed by atoms with Gasteiger partial charge < -0.3 is 0 Å². The van der Waals surface area contributed by atoms with Gasteiger partial charge >= 0.3 is 0 Å². The Labute approximate surface area is 91.2 Å². The van der Waals surface area contributed by atoms with Crippen LogP contribution in [-0.4, -0.2) is 12.2 Å². The van der Waals surface area contributed by atoms with Crippen molar-refractivity contribution in [2.75, 3.05) is 7.05 Å². The fraction of sp³-hybridized carbons (Fsp3) is 0.250. The number of hydrogen-bond acceptors (Lipinski definition) is 1. The van der Waals surface area contributed by atoms with E-state index in [9.17, 15) is 0 Å². The van der Waals surface area contributed by atoms with Crippen LogP contribution in [-0.2, 0) is 0 Å². The lowest BCUT2D eigenvalue weighted by Gasteiger charge is -2.06. The third-order valence-corrected chi connectivity index (χ3v) is 2.34. The van der Waals surface area contributed by atoms with E-state index < -0.39 is 0 Å². The lowest BCUT2D eigenvalue weighted by Crippen LogP contribution is -1.94. The molecular weight excluding hydrogens is 194 g/mol. The molecule has 0 rings (SSSR count). The van der Waals surface area contributed by atoms with E-state index in [0.29, 0.717) is 11.6 Å². The molecule has 0 N–H and O–H groups in total. The van der Waals surface area contributed by atoms with E-state index in [2.05, 4.69) is 24.7 Å². The molecule has 0 saturated carbocycles. The summed E-state index contributed by atoms with van der Waals surface area (Å²) in [6.45, 7) is 13.3. The largest absolute Gasteiger partial charge is 0.276 e. The fourth-order valence-corrected chi connectivity index (χ4v) is 1.15. The smallest absolute Gasteiger partial charge is 0.126 e. The number of hydrogen-bond donors (Lipinski definition) is 0. The molecule has 0 unspecified atom stereocenters. The molecule has 0 saturated heterocycles. The average molecular weight is 210 g/mol. The highest BCUT2D eigenvalue weighted by Crippen LogP contribution is 2.17. The average Bonchev–Trinajstić information content (AvgIpc) is 2.18. The van der Waals surface area contributed by atoms with Crippen molar-refractivity contribution in [2.45, 2.75) is 13.3 Å². The van der Waals surface area contributed by atoms with E-state index in [4.69, 9.17) is 11.6 Å². The van der Waals surface area contributed by atoms with Crippen molar-refractivity contribution in [1.82, 2.24) is 0 Å². The van der Waals surface area contributed by atoms with Crippen LogP contribution in [0.2, 0.25) is 0 Å². The van der Waals surface area contributed by atoms with Gasteiger partial charge in [-0.05, 0) is 24.5 Å². The number of allylic oxidation sites excluding steroid dienone is 5. The topological polar surface area (TPSA) is 12.4 Å². The first-order valence-corrected chi connectivity index (χ1v) is 4.69. The maximum atomic E-state index is 5.83. The van der Waals surface area contributed by atoms with Crippen molar-refractivity contribution in [2.24, 2.45) is 4.99 Å². The first-order chi connectivity index (χ1) is 6.56. The third kappa shape index (κ3) is 3.75. The van der Waals surface area contributed by atoms with Crippen LogP contribution in [0.25, 0.3) is 0 Å². The molecule has 14 heavy (non-hydrogen) atoms. The second-order valence-corrected chi connectivity index (χ2v) is 3.30. The Morgan fingerprint density at radius 1 is 1.36 bits per heavy atom. The molecule has 0 aliphatic heterocycles. The lowest BCUT2D eigenvalue weighted by atomic mass is 10.0. The van der Waals surface area contributed by atoms with Crippen LogP contribution in [0.5, 0.6) is 0 Å². The van der Waals surface area contributed by atoms with Crippen LogP contribution >= 0.6 is 11.6 Å². The van der Waals surface area contributed by atoms with Crippen molar-refractivity contribution < 1.29 is 0 Å². The summed E-state index contributed by atoms with van der Waals surface area (Å²) in [5, 5.41) is 0.469. The molecule has 0 aliphatic carbocycles. The van der Waals surface area contributed by atoms with E-state index in [1.165, 1.54) is 0 Å². The van der Waals surface area contributed by atoms with Crippen LogP contribution in [0.4, 0.5) is 0 Å². The fourth-order valence-electron chi connectivity index (χ4n) is 1.08. The normalized spacial score (nSPS) is 10.6. The first-order valence-electron chi connectivity index (χ1n) is 4.31. The van der Waals surface area contributed by atoms with Crippen molar-refractivity contribution in [3.8, 4) is 0 Å². The van der Waals surface area contributed by atoms with Crippen LogP contribution < -0.4 is 0 Å². The van der Waals surface area contributed by atoms with E-state index in [1.807, 2.05) is 6.92 Å². The van der Waals surface area contributed by atoms with Gasteiger partial charge in [-0.1, -0.05) is 49.1 Å². The van der Waals surface area contributed by atoms with Crippen molar-refractivity contribution >= 4 is 16.8 Å². The molecule has 0 aliphatic rings. The van der Waals surface area contributed by atoms with Crippen LogP contribution in [0.3, 0.4) is 0 Å². The number of halogens is 1. The van der Waals surface area contributed by atoms with Crippen LogP contribution in [0, 0.1) is 0 Å².